The second-order valence-electron chi connectivity index (χ2n) is 6.98. The van der Waals surface area contributed by atoms with E-state index in [-0.39, 0.29) is 22.9 Å². The van der Waals surface area contributed by atoms with Crippen molar-refractivity contribution < 1.29 is 14.3 Å². The Balaban J connectivity index is 2.13. The number of aromatic nitrogens is 1. The van der Waals surface area contributed by atoms with Crippen molar-refractivity contribution in [2.75, 3.05) is 17.7 Å². The number of pyridine rings is 1. The molecule has 0 radical (unpaired) electrons. The van der Waals surface area contributed by atoms with Gasteiger partial charge in [0.1, 0.15) is 17.1 Å². The SMILES string of the molecule is CNc1cc(F)cc(NC(=O)c2c(O)c3ccccc3n(CC(C)C)c2=O)c1. The lowest BCUT2D eigenvalue weighted by Crippen LogP contribution is -2.31. The van der Waals surface area contributed by atoms with Crippen molar-refractivity contribution in [3.63, 3.8) is 0 Å². The number of nitrogens with zero attached hydrogens (tertiary/aromatic N) is 1. The van der Waals surface area contributed by atoms with E-state index in [1.807, 2.05) is 13.8 Å². The van der Waals surface area contributed by atoms with E-state index in [0.29, 0.717) is 23.1 Å². The number of rotatable bonds is 5. The second kappa shape index (κ2) is 7.72. The Labute approximate surface area is 161 Å². The van der Waals surface area contributed by atoms with Crippen molar-refractivity contribution in [2.45, 2.75) is 20.4 Å². The highest BCUT2D eigenvalue weighted by Gasteiger charge is 2.22. The first-order chi connectivity index (χ1) is 13.3. The van der Waals surface area contributed by atoms with Gasteiger partial charge in [-0.15, -0.1) is 0 Å². The summed E-state index contributed by atoms with van der Waals surface area (Å²) >= 11 is 0. The molecule has 0 bridgehead atoms. The van der Waals surface area contributed by atoms with Gasteiger partial charge >= 0.3 is 0 Å². The number of anilines is 2. The molecule has 0 fully saturated rings. The van der Waals surface area contributed by atoms with Gasteiger partial charge in [0.05, 0.1) is 5.52 Å². The average molecular weight is 383 g/mol. The van der Waals surface area contributed by atoms with Crippen molar-refractivity contribution >= 4 is 28.2 Å². The summed E-state index contributed by atoms with van der Waals surface area (Å²) in [7, 11) is 1.63. The van der Waals surface area contributed by atoms with Crippen molar-refractivity contribution in [2.24, 2.45) is 5.92 Å². The van der Waals surface area contributed by atoms with Crippen LogP contribution in [0.3, 0.4) is 0 Å². The molecule has 0 aliphatic heterocycles. The molecule has 3 N–H and O–H groups in total. The van der Waals surface area contributed by atoms with Gasteiger partial charge in [-0.05, 0) is 36.2 Å². The van der Waals surface area contributed by atoms with Crippen LogP contribution in [0.5, 0.6) is 5.75 Å². The van der Waals surface area contributed by atoms with Gasteiger partial charge in [0, 0.05) is 30.4 Å². The maximum atomic E-state index is 13.7. The van der Waals surface area contributed by atoms with Crippen molar-refractivity contribution in [3.05, 3.63) is 64.2 Å². The highest BCUT2D eigenvalue weighted by Crippen LogP contribution is 2.27. The Kier molecular flexibility index (Phi) is 5.35. The zero-order valence-electron chi connectivity index (χ0n) is 15.9. The number of carbonyl (C=O) groups excluding carboxylic acids is 1. The molecule has 0 aliphatic carbocycles. The minimum atomic E-state index is -0.793. The number of nitrogens with one attached hydrogen (secondary N) is 2. The topological polar surface area (TPSA) is 83.4 Å². The quantitative estimate of drug-likeness (QED) is 0.626. The number of para-hydroxylation sites is 1. The van der Waals surface area contributed by atoms with Crippen LogP contribution in [0.25, 0.3) is 10.9 Å². The van der Waals surface area contributed by atoms with E-state index < -0.39 is 17.3 Å². The molecule has 0 atom stereocenters. The molecule has 3 aromatic rings. The first-order valence-corrected chi connectivity index (χ1v) is 8.96. The van der Waals surface area contributed by atoms with Gasteiger partial charge in [0.25, 0.3) is 11.5 Å². The number of amides is 1. The Hall–Kier alpha value is -3.35. The predicted octanol–water partition coefficient (Wildman–Crippen LogP) is 3.80. The molecule has 6 nitrogen and oxygen atoms in total. The van der Waals surface area contributed by atoms with Crippen LogP contribution in [0.1, 0.15) is 24.2 Å². The van der Waals surface area contributed by atoms with Crippen molar-refractivity contribution in [1.29, 1.82) is 0 Å². The molecular weight excluding hydrogens is 361 g/mol. The zero-order chi connectivity index (χ0) is 20.4. The van der Waals surface area contributed by atoms with E-state index in [1.54, 1.807) is 31.3 Å². The first kappa shape index (κ1) is 19.4. The van der Waals surface area contributed by atoms with E-state index in [4.69, 9.17) is 0 Å². The number of hydrogen-bond acceptors (Lipinski definition) is 4. The molecule has 1 aromatic heterocycles. The molecule has 7 heteroatoms. The van der Waals surface area contributed by atoms with Crippen LogP contribution in [0.4, 0.5) is 15.8 Å². The molecule has 3 rings (SSSR count). The highest BCUT2D eigenvalue weighted by molar-refractivity contribution is 6.09. The molecule has 0 saturated carbocycles. The summed E-state index contributed by atoms with van der Waals surface area (Å²) in [4.78, 5) is 25.8. The smallest absolute Gasteiger partial charge is 0.267 e. The lowest BCUT2D eigenvalue weighted by molar-refractivity contribution is 0.102. The molecule has 0 saturated heterocycles. The third kappa shape index (κ3) is 3.69. The summed E-state index contributed by atoms with van der Waals surface area (Å²) < 4.78 is 15.2. The zero-order valence-corrected chi connectivity index (χ0v) is 15.9. The minimum Gasteiger partial charge on any atom is -0.506 e. The van der Waals surface area contributed by atoms with Crippen molar-refractivity contribution in [1.82, 2.24) is 4.57 Å². The molecule has 2 aromatic carbocycles. The van der Waals surface area contributed by atoms with Crippen LogP contribution in [-0.2, 0) is 6.54 Å². The highest BCUT2D eigenvalue weighted by atomic mass is 19.1. The minimum absolute atomic E-state index is 0.156. The normalized spacial score (nSPS) is 11.0. The Morgan fingerprint density at radius 2 is 1.86 bits per heavy atom. The van der Waals surface area contributed by atoms with E-state index in [2.05, 4.69) is 10.6 Å². The Bertz CT molecular complexity index is 1110. The number of halogens is 1. The Morgan fingerprint density at radius 3 is 2.54 bits per heavy atom. The number of carbonyl (C=O) groups is 1. The third-order valence-corrected chi connectivity index (χ3v) is 4.36. The summed E-state index contributed by atoms with van der Waals surface area (Å²) in [5.74, 6) is -1.56. The number of hydrogen-bond donors (Lipinski definition) is 3. The molecule has 28 heavy (non-hydrogen) atoms. The molecule has 0 unspecified atom stereocenters. The number of fused-ring (bicyclic) bond motifs is 1. The fraction of sp³-hybridized carbons (Fsp3) is 0.238. The van der Waals surface area contributed by atoms with E-state index in [1.165, 1.54) is 16.7 Å². The lowest BCUT2D eigenvalue weighted by atomic mass is 10.1. The van der Waals surface area contributed by atoms with E-state index in [0.717, 1.165) is 6.07 Å². The van der Waals surface area contributed by atoms with Crippen LogP contribution in [-0.4, -0.2) is 22.6 Å². The fourth-order valence-electron chi connectivity index (χ4n) is 3.14. The van der Waals surface area contributed by atoms with Gasteiger partial charge in [0.2, 0.25) is 0 Å². The molecule has 1 amide bonds. The molecule has 0 spiro atoms. The van der Waals surface area contributed by atoms with Gasteiger partial charge in [0.15, 0.2) is 0 Å². The van der Waals surface area contributed by atoms with Crippen molar-refractivity contribution in [3.8, 4) is 5.75 Å². The van der Waals surface area contributed by atoms with Crippen LogP contribution < -0.4 is 16.2 Å². The monoisotopic (exact) mass is 383 g/mol. The molecule has 146 valence electrons. The third-order valence-electron chi connectivity index (χ3n) is 4.36. The molecule has 1 heterocycles. The second-order valence-corrected chi connectivity index (χ2v) is 6.98. The Morgan fingerprint density at radius 1 is 1.18 bits per heavy atom. The maximum Gasteiger partial charge on any atom is 0.267 e. The van der Waals surface area contributed by atoms with Gasteiger partial charge < -0.3 is 20.3 Å². The lowest BCUT2D eigenvalue weighted by Gasteiger charge is -2.16. The van der Waals surface area contributed by atoms with Gasteiger partial charge in [-0.25, -0.2) is 4.39 Å². The summed E-state index contributed by atoms with van der Waals surface area (Å²) in [5, 5.41) is 16.3. The molecular formula is C21H22FN3O3. The average Bonchev–Trinajstić information content (AvgIpc) is 2.64. The van der Waals surface area contributed by atoms with Crippen LogP contribution in [0, 0.1) is 11.7 Å². The first-order valence-electron chi connectivity index (χ1n) is 8.96. The van der Waals surface area contributed by atoms with E-state index >= 15 is 0 Å². The van der Waals surface area contributed by atoms with Crippen LogP contribution in [0.2, 0.25) is 0 Å². The van der Waals surface area contributed by atoms with Gasteiger partial charge in [-0.2, -0.15) is 0 Å². The summed E-state index contributed by atoms with van der Waals surface area (Å²) in [5.41, 5.74) is 0.243. The standard InChI is InChI=1S/C21H22FN3O3/c1-12(2)11-25-17-7-5-4-6-16(17)19(26)18(21(25)28)20(27)24-15-9-13(22)8-14(10-15)23-3/h4-10,12,23,26H,11H2,1-3H3,(H,24,27). The number of benzene rings is 2. The predicted molar refractivity (Wildman–Crippen MR) is 109 cm³/mol. The fourth-order valence-corrected chi connectivity index (χ4v) is 3.14. The maximum absolute atomic E-state index is 13.7. The summed E-state index contributed by atoms with van der Waals surface area (Å²) in [6.45, 7) is 4.31. The summed E-state index contributed by atoms with van der Waals surface area (Å²) in [6, 6.07) is 10.8. The van der Waals surface area contributed by atoms with Gasteiger partial charge in [-0.1, -0.05) is 26.0 Å². The van der Waals surface area contributed by atoms with Crippen LogP contribution in [0.15, 0.2) is 47.3 Å². The van der Waals surface area contributed by atoms with Crippen LogP contribution >= 0.6 is 0 Å². The molecule has 0 aliphatic rings. The largest absolute Gasteiger partial charge is 0.506 e. The van der Waals surface area contributed by atoms with Gasteiger partial charge in [-0.3, -0.25) is 9.59 Å². The number of aromatic hydroxyl groups is 1. The van der Waals surface area contributed by atoms with E-state index in [9.17, 15) is 19.1 Å². The summed E-state index contributed by atoms with van der Waals surface area (Å²) in [6.07, 6.45) is 0.